The molecular weight excluding hydrogens is 146 g/mol. The lowest BCUT2D eigenvalue weighted by molar-refractivity contribution is 0.315. The van der Waals surface area contributed by atoms with E-state index in [1.165, 1.54) is 25.7 Å². The van der Waals surface area contributed by atoms with E-state index in [-0.39, 0.29) is 0 Å². The van der Waals surface area contributed by atoms with E-state index in [4.69, 9.17) is 5.73 Å². The number of rotatable bonds is 3. The maximum Gasteiger partial charge on any atom is -0.00772 e. The summed E-state index contributed by atoms with van der Waals surface area (Å²) < 4.78 is 0. The van der Waals surface area contributed by atoms with Gasteiger partial charge in [0.2, 0.25) is 0 Å². The Bertz CT molecular complexity index is 160. The van der Waals surface area contributed by atoms with Crippen LogP contribution in [0.15, 0.2) is 11.6 Å². The Morgan fingerprint density at radius 3 is 2.92 bits per heavy atom. The lowest BCUT2D eigenvalue weighted by Crippen LogP contribution is -2.16. The van der Waals surface area contributed by atoms with Gasteiger partial charge in [-0.3, -0.25) is 0 Å². The van der Waals surface area contributed by atoms with Gasteiger partial charge < -0.3 is 5.73 Å². The molecule has 0 heterocycles. The van der Waals surface area contributed by atoms with Crippen LogP contribution < -0.4 is 5.73 Å². The number of hydrogen-bond donors (Lipinski definition) is 1. The third kappa shape index (κ3) is 2.63. The fourth-order valence-electron chi connectivity index (χ4n) is 2.13. The van der Waals surface area contributed by atoms with Gasteiger partial charge in [-0.2, -0.15) is 0 Å². The second kappa shape index (κ2) is 4.66. The van der Waals surface area contributed by atoms with Crippen molar-refractivity contribution in [3.63, 3.8) is 0 Å². The molecule has 0 saturated heterocycles. The molecule has 0 aliphatic heterocycles. The quantitative estimate of drug-likeness (QED) is 0.643. The molecular formula is C11H21N. The summed E-state index contributed by atoms with van der Waals surface area (Å²) in [6.45, 7) is 5.47. The van der Waals surface area contributed by atoms with E-state index in [9.17, 15) is 0 Å². The SMILES string of the molecule is CC1=CCC(CCCN)C(C)C1. The third-order valence-corrected chi connectivity index (χ3v) is 3.00. The molecule has 2 unspecified atom stereocenters. The number of allylic oxidation sites excluding steroid dienone is 2. The van der Waals surface area contributed by atoms with Crippen molar-refractivity contribution in [2.24, 2.45) is 17.6 Å². The van der Waals surface area contributed by atoms with Crippen LogP contribution in [-0.2, 0) is 0 Å². The molecule has 1 nitrogen and oxygen atoms in total. The van der Waals surface area contributed by atoms with Crippen LogP contribution in [0.2, 0.25) is 0 Å². The molecule has 0 spiro atoms. The maximum absolute atomic E-state index is 5.50. The minimum Gasteiger partial charge on any atom is -0.330 e. The van der Waals surface area contributed by atoms with Gasteiger partial charge in [0.1, 0.15) is 0 Å². The first-order valence-corrected chi connectivity index (χ1v) is 5.09. The summed E-state index contributed by atoms with van der Waals surface area (Å²) in [7, 11) is 0. The predicted octanol–water partition coefficient (Wildman–Crippen LogP) is 2.72. The standard InChI is InChI=1S/C11H21N/c1-9-5-6-11(4-3-7-12)10(2)8-9/h5,10-11H,3-4,6-8,12H2,1-2H3. The maximum atomic E-state index is 5.50. The zero-order valence-corrected chi connectivity index (χ0v) is 8.34. The molecule has 1 heteroatoms. The van der Waals surface area contributed by atoms with E-state index in [2.05, 4.69) is 19.9 Å². The van der Waals surface area contributed by atoms with Crippen molar-refractivity contribution in [2.75, 3.05) is 6.54 Å². The summed E-state index contributed by atoms with van der Waals surface area (Å²) in [6, 6.07) is 0. The molecule has 0 aromatic rings. The minimum atomic E-state index is 0.853. The second-order valence-electron chi connectivity index (χ2n) is 4.16. The molecule has 0 radical (unpaired) electrons. The van der Waals surface area contributed by atoms with Gasteiger partial charge in [-0.15, -0.1) is 0 Å². The van der Waals surface area contributed by atoms with Gasteiger partial charge in [-0.05, 0) is 51.0 Å². The fourth-order valence-corrected chi connectivity index (χ4v) is 2.13. The van der Waals surface area contributed by atoms with E-state index >= 15 is 0 Å². The Balaban J connectivity index is 2.35. The van der Waals surface area contributed by atoms with Crippen molar-refractivity contribution < 1.29 is 0 Å². The Morgan fingerprint density at radius 1 is 1.58 bits per heavy atom. The molecule has 1 aliphatic carbocycles. The molecule has 2 N–H and O–H groups in total. The summed E-state index contributed by atoms with van der Waals surface area (Å²) >= 11 is 0. The molecule has 0 fully saturated rings. The Morgan fingerprint density at radius 2 is 2.33 bits per heavy atom. The van der Waals surface area contributed by atoms with Crippen LogP contribution in [0.5, 0.6) is 0 Å². The molecule has 2 atom stereocenters. The van der Waals surface area contributed by atoms with Gasteiger partial charge in [-0.1, -0.05) is 18.6 Å². The van der Waals surface area contributed by atoms with Gasteiger partial charge in [0.15, 0.2) is 0 Å². The van der Waals surface area contributed by atoms with Crippen molar-refractivity contribution >= 4 is 0 Å². The first-order valence-electron chi connectivity index (χ1n) is 5.09. The summed E-state index contributed by atoms with van der Waals surface area (Å²) in [6.07, 6.45) is 7.51. The zero-order chi connectivity index (χ0) is 8.97. The lowest BCUT2D eigenvalue weighted by atomic mass is 9.79. The molecule has 0 aromatic heterocycles. The topological polar surface area (TPSA) is 26.0 Å². The lowest BCUT2D eigenvalue weighted by Gasteiger charge is -2.27. The van der Waals surface area contributed by atoms with Gasteiger partial charge in [0.05, 0.1) is 0 Å². The summed E-state index contributed by atoms with van der Waals surface area (Å²) in [5, 5.41) is 0. The van der Waals surface area contributed by atoms with Crippen LogP contribution in [0.1, 0.15) is 39.5 Å². The van der Waals surface area contributed by atoms with Crippen LogP contribution in [0, 0.1) is 11.8 Å². The fraction of sp³-hybridized carbons (Fsp3) is 0.818. The smallest absolute Gasteiger partial charge is 0.00772 e. The normalized spacial score (nSPS) is 30.1. The van der Waals surface area contributed by atoms with Crippen molar-refractivity contribution in [1.29, 1.82) is 0 Å². The molecule has 70 valence electrons. The molecule has 1 rings (SSSR count). The second-order valence-corrected chi connectivity index (χ2v) is 4.16. The Kier molecular flexibility index (Phi) is 3.80. The van der Waals surface area contributed by atoms with Crippen LogP contribution in [0.25, 0.3) is 0 Å². The zero-order valence-electron chi connectivity index (χ0n) is 8.34. The van der Waals surface area contributed by atoms with E-state index < -0.39 is 0 Å². The van der Waals surface area contributed by atoms with Crippen LogP contribution in [-0.4, -0.2) is 6.54 Å². The average Bonchev–Trinajstić information content (AvgIpc) is 2.03. The molecule has 0 saturated carbocycles. The van der Waals surface area contributed by atoms with Crippen LogP contribution in [0.3, 0.4) is 0 Å². The van der Waals surface area contributed by atoms with Gasteiger partial charge in [0, 0.05) is 0 Å². The highest BCUT2D eigenvalue weighted by atomic mass is 14.5. The minimum absolute atomic E-state index is 0.853. The van der Waals surface area contributed by atoms with Gasteiger partial charge in [-0.25, -0.2) is 0 Å². The van der Waals surface area contributed by atoms with E-state index in [0.717, 1.165) is 18.4 Å². The molecule has 0 aromatic carbocycles. The average molecular weight is 167 g/mol. The summed E-state index contributed by atoms with van der Waals surface area (Å²) in [5.41, 5.74) is 7.08. The van der Waals surface area contributed by atoms with Crippen LogP contribution >= 0.6 is 0 Å². The highest BCUT2D eigenvalue weighted by molar-refractivity contribution is 5.04. The number of hydrogen-bond acceptors (Lipinski definition) is 1. The van der Waals surface area contributed by atoms with E-state index in [1.54, 1.807) is 5.57 Å². The summed E-state index contributed by atoms with van der Waals surface area (Å²) in [5.74, 6) is 1.78. The Hall–Kier alpha value is -0.300. The van der Waals surface area contributed by atoms with Gasteiger partial charge >= 0.3 is 0 Å². The van der Waals surface area contributed by atoms with E-state index in [1.807, 2.05) is 0 Å². The highest BCUT2D eigenvalue weighted by Crippen LogP contribution is 2.31. The predicted molar refractivity (Wildman–Crippen MR) is 53.9 cm³/mol. The first kappa shape index (κ1) is 9.79. The first-order chi connectivity index (χ1) is 5.74. The molecule has 0 bridgehead atoms. The molecule has 0 amide bonds. The van der Waals surface area contributed by atoms with Crippen molar-refractivity contribution in [3.05, 3.63) is 11.6 Å². The summed E-state index contributed by atoms with van der Waals surface area (Å²) in [4.78, 5) is 0. The van der Waals surface area contributed by atoms with Gasteiger partial charge in [0.25, 0.3) is 0 Å². The van der Waals surface area contributed by atoms with Crippen LogP contribution in [0.4, 0.5) is 0 Å². The van der Waals surface area contributed by atoms with Crippen molar-refractivity contribution in [3.8, 4) is 0 Å². The largest absolute Gasteiger partial charge is 0.330 e. The van der Waals surface area contributed by atoms with Crippen molar-refractivity contribution in [1.82, 2.24) is 0 Å². The third-order valence-electron chi connectivity index (χ3n) is 3.00. The molecule has 12 heavy (non-hydrogen) atoms. The van der Waals surface area contributed by atoms with E-state index in [0.29, 0.717) is 0 Å². The Labute approximate surface area is 76.0 Å². The monoisotopic (exact) mass is 167 g/mol. The van der Waals surface area contributed by atoms with Crippen molar-refractivity contribution in [2.45, 2.75) is 39.5 Å². The number of nitrogens with two attached hydrogens (primary N) is 1. The highest BCUT2D eigenvalue weighted by Gasteiger charge is 2.19. The molecule has 1 aliphatic rings.